The molecule has 0 amide bonds. The summed E-state index contributed by atoms with van der Waals surface area (Å²) in [6.45, 7) is 4.50. The maximum atomic E-state index is 10.1. The fraction of sp³-hybridized carbons (Fsp3) is 0.714. The molecule has 3 unspecified atom stereocenters. The van der Waals surface area contributed by atoms with Crippen molar-refractivity contribution in [3.05, 3.63) is 29.3 Å². The van der Waals surface area contributed by atoms with Crippen LogP contribution in [0, 0.1) is 23.7 Å². The van der Waals surface area contributed by atoms with Crippen molar-refractivity contribution in [1.82, 2.24) is 0 Å². The van der Waals surface area contributed by atoms with Crippen LogP contribution in [0.1, 0.15) is 63.5 Å². The van der Waals surface area contributed by atoms with E-state index >= 15 is 0 Å². The highest BCUT2D eigenvalue weighted by Crippen LogP contribution is 2.61. The van der Waals surface area contributed by atoms with E-state index in [1.54, 1.807) is 0 Å². The minimum absolute atomic E-state index is 0.106. The SMILES string of the molecule is CC1(C)Cc2ccc(O)cc2C2(CC3CC4CC(C3)CC2C4)O1. The first-order valence-electron chi connectivity index (χ1n) is 9.46. The molecule has 0 saturated heterocycles. The van der Waals surface area contributed by atoms with Gasteiger partial charge in [-0.1, -0.05) is 6.07 Å². The van der Waals surface area contributed by atoms with Crippen LogP contribution in [-0.4, -0.2) is 10.7 Å². The molecule has 1 aromatic carbocycles. The van der Waals surface area contributed by atoms with Gasteiger partial charge in [-0.05, 0) is 99.3 Å². The average molecular weight is 312 g/mol. The first-order valence-corrected chi connectivity index (χ1v) is 9.46. The molecule has 4 aliphatic carbocycles. The van der Waals surface area contributed by atoms with E-state index in [4.69, 9.17) is 4.74 Å². The molecule has 2 heteroatoms. The predicted molar refractivity (Wildman–Crippen MR) is 90.3 cm³/mol. The molecule has 1 aliphatic heterocycles. The zero-order valence-corrected chi connectivity index (χ0v) is 14.3. The maximum Gasteiger partial charge on any atom is 0.115 e. The van der Waals surface area contributed by atoms with Gasteiger partial charge >= 0.3 is 0 Å². The van der Waals surface area contributed by atoms with Crippen molar-refractivity contribution in [2.24, 2.45) is 23.7 Å². The number of phenolic OH excluding ortho intramolecular Hbond substituents is 1. The lowest BCUT2D eigenvalue weighted by Gasteiger charge is -2.51. The monoisotopic (exact) mass is 312 g/mol. The van der Waals surface area contributed by atoms with Crippen molar-refractivity contribution in [2.45, 2.75) is 70.0 Å². The molecule has 124 valence electrons. The van der Waals surface area contributed by atoms with Crippen molar-refractivity contribution in [2.75, 3.05) is 0 Å². The van der Waals surface area contributed by atoms with Gasteiger partial charge < -0.3 is 9.84 Å². The minimum Gasteiger partial charge on any atom is -0.508 e. The third-order valence-corrected chi connectivity index (χ3v) is 7.11. The Morgan fingerprint density at radius 2 is 1.70 bits per heavy atom. The number of phenols is 1. The van der Waals surface area contributed by atoms with Crippen LogP contribution in [0.15, 0.2) is 18.2 Å². The Balaban J connectivity index is 1.70. The Morgan fingerprint density at radius 1 is 1.00 bits per heavy atom. The second kappa shape index (κ2) is 4.53. The molecule has 3 atom stereocenters. The molecule has 1 spiro atoms. The van der Waals surface area contributed by atoms with Crippen LogP contribution in [0.4, 0.5) is 0 Å². The van der Waals surface area contributed by atoms with Gasteiger partial charge in [-0.2, -0.15) is 0 Å². The summed E-state index contributed by atoms with van der Waals surface area (Å²) in [6.07, 6.45) is 9.06. The summed E-state index contributed by atoms with van der Waals surface area (Å²) in [5, 5.41) is 10.1. The van der Waals surface area contributed by atoms with Gasteiger partial charge in [-0.25, -0.2) is 0 Å². The third-order valence-electron chi connectivity index (χ3n) is 7.11. The number of fused-ring (bicyclic) bond motifs is 1. The highest BCUT2D eigenvalue weighted by Gasteiger charge is 2.56. The highest BCUT2D eigenvalue weighted by molar-refractivity contribution is 5.42. The standard InChI is InChI=1S/C21H28O2/c1-20(2)12-16-3-4-18(22)10-19(16)21(23-20)11-15-6-13-5-14(7-15)9-17(21)8-13/h3-4,10,13-15,17,22H,5-9,11-12H2,1-2H3. The Labute approximate surface area is 139 Å². The molecule has 4 saturated carbocycles. The van der Waals surface area contributed by atoms with Gasteiger partial charge in [0, 0.05) is 6.42 Å². The van der Waals surface area contributed by atoms with Gasteiger partial charge in [0.25, 0.3) is 0 Å². The lowest BCUT2D eigenvalue weighted by atomic mass is 9.65. The van der Waals surface area contributed by atoms with Crippen LogP contribution in [-0.2, 0) is 16.8 Å². The van der Waals surface area contributed by atoms with E-state index in [1.807, 2.05) is 12.1 Å². The molecule has 1 N–H and O–H groups in total. The van der Waals surface area contributed by atoms with Crippen molar-refractivity contribution >= 4 is 0 Å². The molecule has 6 rings (SSSR count). The van der Waals surface area contributed by atoms with E-state index in [-0.39, 0.29) is 11.2 Å². The minimum atomic E-state index is -0.148. The smallest absolute Gasteiger partial charge is 0.115 e. The number of benzene rings is 1. The van der Waals surface area contributed by atoms with Crippen LogP contribution in [0.25, 0.3) is 0 Å². The average Bonchev–Trinajstić information content (AvgIpc) is 2.61. The third kappa shape index (κ3) is 2.10. The van der Waals surface area contributed by atoms with Gasteiger partial charge in [-0.15, -0.1) is 0 Å². The summed E-state index contributed by atoms with van der Waals surface area (Å²) in [5.41, 5.74) is 2.46. The molecular formula is C21H28O2. The van der Waals surface area contributed by atoms with Crippen LogP contribution >= 0.6 is 0 Å². The summed E-state index contributed by atoms with van der Waals surface area (Å²) in [7, 11) is 0. The van der Waals surface area contributed by atoms with E-state index in [9.17, 15) is 5.11 Å². The number of ether oxygens (including phenoxy) is 1. The molecule has 0 aromatic heterocycles. The second-order valence-corrected chi connectivity index (χ2v) is 9.45. The van der Waals surface area contributed by atoms with E-state index in [2.05, 4.69) is 19.9 Å². The summed E-state index contributed by atoms with van der Waals surface area (Å²) < 4.78 is 6.94. The molecule has 23 heavy (non-hydrogen) atoms. The number of rotatable bonds is 0. The van der Waals surface area contributed by atoms with Gasteiger partial charge in [0.05, 0.1) is 11.2 Å². The Bertz CT molecular complexity index is 635. The number of aromatic hydroxyl groups is 1. The maximum absolute atomic E-state index is 10.1. The molecule has 1 heterocycles. The summed E-state index contributed by atoms with van der Waals surface area (Å²) in [4.78, 5) is 0. The molecule has 2 nitrogen and oxygen atoms in total. The Morgan fingerprint density at radius 3 is 2.43 bits per heavy atom. The van der Waals surface area contributed by atoms with Crippen molar-refractivity contribution < 1.29 is 9.84 Å². The molecule has 5 aliphatic rings. The van der Waals surface area contributed by atoms with E-state index in [1.165, 1.54) is 49.7 Å². The van der Waals surface area contributed by atoms with Gasteiger partial charge in [0.15, 0.2) is 0 Å². The van der Waals surface area contributed by atoms with Crippen LogP contribution in [0.5, 0.6) is 5.75 Å². The first kappa shape index (κ1) is 14.3. The van der Waals surface area contributed by atoms with E-state index in [0.29, 0.717) is 11.7 Å². The fourth-order valence-corrected chi connectivity index (χ4v) is 6.74. The van der Waals surface area contributed by atoms with Crippen LogP contribution < -0.4 is 0 Å². The van der Waals surface area contributed by atoms with E-state index < -0.39 is 0 Å². The summed E-state index contributed by atoms with van der Waals surface area (Å²) in [6, 6.07) is 6.03. The molecule has 0 radical (unpaired) electrons. The van der Waals surface area contributed by atoms with Gasteiger partial charge in [0.2, 0.25) is 0 Å². The lowest BCUT2D eigenvalue weighted by molar-refractivity contribution is -0.194. The van der Waals surface area contributed by atoms with Crippen molar-refractivity contribution in [1.29, 1.82) is 0 Å². The fourth-order valence-electron chi connectivity index (χ4n) is 6.74. The number of hydrogen-bond donors (Lipinski definition) is 1. The highest BCUT2D eigenvalue weighted by atomic mass is 16.5. The molecule has 4 fully saturated rings. The molecule has 4 bridgehead atoms. The van der Waals surface area contributed by atoms with Crippen molar-refractivity contribution in [3.8, 4) is 5.75 Å². The van der Waals surface area contributed by atoms with Crippen LogP contribution in [0.2, 0.25) is 0 Å². The van der Waals surface area contributed by atoms with Crippen molar-refractivity contribution in [3.63, 3.8) is 0 Å². The summed E-state index contributed by atoms with van der Waals surface area (Å²) in [5.74, 6) is 3.70. The quantitative estimate of drug-likeness (QED) is 0.746. The topological polar surface area (TPSA) is 29.5 Å². The Hall–Kier alpha value is -1.02. The second-order valence-electron chi connectivity index (χ2n) is 9.45. The lowest BCUT2D eigenvalue weighted by Crippen LogP contribution is -2.50. The van der Waals surface area contributed by atoms with Gasteiger partial charge in [0.1, 0.15) is 5.75 Å². The predicted octanol–water partition coefficient (Wildman–Crippen LogP) is 4.79. The normalized spacial score (nSPS) is 43.4. The first-order chi connectivity index (χ1) is 10.9. The zero-order valence-electron chi connectivity index (χ0n) is 14.3. The van der Waals surface area contributed by atoms with Crippen LogP contribution in [0.3, 0.4) is 0 Å². The summed E-state index contributed by atoms with van der Waals surface area (Å²) >= 11 is 0. The van der Waals surface area contributed by atoms with Gasteiger partial charge in [-0.3, -0.25) is 0 Å². The zero-order chi connectivity index (χ0) is 15.8. The van der Waals surface area contributed by atoms with E-state index in [0.717, 1.165) is 24.2 Å². The Kier molecular flexibility index (Phi) is 2.83. The largest absolute Gasteiger partial charge is 0.508 e. The molecule has 1 aromatic rings. The number of hydrogen-bond acceptors (Lipinski definition) is 2. The molecular weight excluding hydrogens is 284 g/mol.